The molecule has 1 atom stereocenters. The van der Waals surface area contributed by atoms with Crippen molar-refractivity contribution in [2.45, 2.75) is 6.92 Å². The number of sulfonamides is 1. The molecular weight excluding hydrogens is 468 g/mol. The largest absolute Gasteiger partial charge is 0.284 e. The molecule has 4 rings (SSSR count). The standard InChI is InChI=1S/C23H20ClFN3O2PS/c1-13-4-9-20-18(10-13)23(15-5-7-16(25)8-6-15)26-28(20)21-12-22(31)17(11-19(21)24)14(2)27-32(3,29)30/h4-12,27H,2,31H2,1,3H3. The molecule has 0 spiro atoms. The van der Waals surface area contributed by atoms with Crippen LogP contribution in [0.1, 0.15) is 11.1 Å². The van der Waals surface area contributed by atoms with Crippen molar-refractivity contribution in [1.29, 1.82) is 0 Å². The van der Waals surface area contributed by atoms with Crippen LogP contribution in [0, 0.1) is 12.7 Å². The van der Waals surface area contributed by atoms with Crippen LogP contribution in [-0.4, -0.2) is 24.5 Å². The third-order valence-electron chi connectivity index (χ3n) is 4.93. The van der Waals surface area contributed by atoms with Crippen molar-refractivity contribution < 1.29 is 12.8 Å². The van der Waals surface area contributed by atoms with E-state index in [1.165, 1.54) is 12.1 Å². The van der Waals surface area contributed by atoms with Gasteiger partial charge in [0.15, 0.2) is 0 Å². The van der Waals surface area contributed by atoms with Gasteiger partial charge >= 0.3 is 0 Å². The fraction of sp³-hybridized carbons (Fsp3) is 0.0870. The Balaban J connectivity index is 1.90. The predicted molar refractivity (Wildman–Crippen MR) is 133 cm³/mol. The number of benzene rings is 3. The van der Waals surface area contributed by atoms with Crippen molar-refractivity contribution in [3.8, 4) is 16.9 Å². The lowest BCUT2D eigenvalue weighted by molar-refractivity contribution is 0.597. The molecule has 1 unspecified atom stereocenters. The normalized spacial score (nSPS) is 11.7. The summed E-state index contributed by atoms with van der Waals surface area (Å²) < 4.78 is 40.7. The Hall–Kier alpha value is -2.73. The highest BCUT2D eigenvalue weighted by Crippen LogP contribution is 2.33. The average molecular weight is 488 g/mol. The Bertz CT molecular complexity index is 1480. The Morgan fingerprint density at radius 1 is 1.16 bits per heavy atom. The van der Waals surface area contributed by atoms with E-state index in [0.717, 1.165) is 28.3 Å². The molecule has 1 aromatic heterocycles. The zero-order valence-corrected chi connectivity index (χ0v) is 20.1. The van der Waals surface area contributed by atoms with Gasteiger partial charge in [-0.1, -0.05) is 29.8 Å². The Morgan fingerprint density at radius 3 is 2.50 bits per heavy atom. The van der Waals surface area contributed by atoms with Gasteiger partial charge in [-0.15, -0.1) is 9.24 Å². The topological polar surface area (TPSA) is 64.0 Å². The third kappa shape index (κ3) is 4.42. The number of aryl methyl sites for hydroxylation is 1. The molecule has 0 amide bonds. The van der Waals surface area contributed by atoms with Gasteiger partial charge in [0, 0.05) is 22.2 Å². The Labute approximate surface area is 193 Å². The van der Waals surface area contributed by atoms with Crippen LogP contribution in [-0.2, 0) is 10.0 Å². The van der Waals surface area contributed by atoms with E-state index in [2.05, 4.69) is 20.5 Å². The Morgan fingerprint density at radius 2 is 1.84 bits per heavy atom. The number of nitrogens with one attached hydrogen (secondary N) is 1. The lowest BCUT2D eigenvalue weighted by Gasteiger charge is -2.14. The molecule has 4 aromatic rings. The van der Waals surface area contributed by atoms with Crippen molar-refractivity contribution in [1.82, 2.24) is 14.5 Å². The molecule has 1 N–H and O–H groups in total. The fourth-order valence-corrected chi connectivity index (χ4v) is 4.73. The number of halogens is 2. The predicted octanol–water partition coefficient (Wildman–Crippen LogP) is 4.81. The fourth-order valence-electron chi connectivity index (χ4n) is 3.52. The number of nitrogens with zero attached hydrogens (tertiary/aromatic N) is 2. The first-order valence-corrected chi connectivity index (χ1v) is 12.4. The molecule has 0 radical (unpaired) electrons. The minimum Gasteiger partial charge on any atom is -0.284 e. The van der Waals surface area contributed by atoms with Crippen molar-refractivity contribution in [2.75, 3.05) is 6.26 Å². The summed E-state index contributed by atoms with van der Waals surface area (Å²) in [5.41, 5.74) is 4.79. The smallest absolute Gasteiger partial charge is 0.229 e. The van der Waals surface area contributed by atoms with E-state index in [0.29, 0.717) is 27.3 Å². The van der Waals surface area contributed by atoms with Gasteiger partial charge in [0.2, 0.25) is 10.0 Å². The van der Waals surface area contributed by atoms with Crippen LogP contribution in [0.2, 0.25) is 5.02 Å². The van der Waals surface area contributed by atoms with Crippen molar-refractivity contribution >= 4 is 52.8 Å². The lowest BCUT2D eigenvalue weighted by atomic mass is 10.1. The number of rotatable bonds is 5. The lowest BCUT2D eigenvalue weighted by Crippen LogP contribution is -2.22. The number of hydrogen-bond acceptors (Lipinski definition) is 3. The second kappa shape index (κ2) is 8.32. The summed E-state index contributed by atoms with van der Waals surface area (Å²) in [6.45, 7) is 5.80. The van der Waals surface area contributed by atoms with E-state index in [4.69, 9.17) is 16.7 Å². The zero-order chi connectivity index (χ0) is 23.2. The molecule has 1 heterocycles. The molecule has 3 aromatic carbocycles. The van der Waals surface area contributed by atoms with Crippen LogP contribution in [0.15, 0.2) is 61.2 Å². The first-order chi connectivity index (χ1) is 15.0. The van der Waals surface area contributed by atoms with E-state index >= 15 is 0 Å². The quantitative estimate of drug-likeness (QED) is 0.411. The molecular formula is C23H20ClFN3O2PS. The monoisotopic (exact) mass is 487 g/mol. The minimum atomic E-state index is -3.47. The van der Waals surface area contributed by atoms with Gasteiger partial charge in [-0.05, 0) is 60.8 Å². The first-order valence-electron chi connectivity index (χ1n) is 9.55. The van der Waals surface area contributed by atoms with Crippen molar-refractivity contribution in [3.05, 3.63) is 83.1 Å². The van der Waals surface area contributed by atoms with Crippen LogP contribution in [0.25, 0.3) is 33.5 Å². The zero-order valence-electron chi connectivity index (χ0n) is 17.4. The van der Waals surface area contributed by atoms with Gasteiger partial charge in [-0.25, -0.2) is 17.5 Å². The van der Waals surface area contributed by atoms with Crippen LogP contribution >= 0.6 is 20.8 Å². The highest BCUT2D eigenvalue weighted by atomic mass is 35.5. The third-order valence-corrected chi connectivity index (χ3v) is 6.33. The van der Waals surface area contributed by atoms with Crippen LogP contribution < -0.4 is 10.0 Å². The second-order valence-electron chi connectivity index (χ2n) is 7.53. The highest BCUT2D eigenvalue weighted by molar-refractivity contribution is 7.89. The van der Waals surface area contributed by atoms with E-state index in [1.54, 1.807) is 28.9 Å². The van der Waals surface area contributed by atoms with E-state index < -0.39 is 10.0 Å². The molecule has 0 saturated carbocycles. The summed E-state index contributed by atoms with van der Waals surface area (Å²) in [4.78, 5) is 0. The van der Waals surface area contributed by atoms with E-state index in [9.17, 15) is 12.8 Å². The summed E-state index contributed by atoms with van der Waals surface area (Å²) in [5.74, 6) is -0.317. The molecule has 0 bridgehead atoms. The maximum absolute atomic E-state index is 13.5. The second-order valence-corrected chi connectivity index (χ2v) is 10.3. The summed E-state index contributed by atoms with van der Waals surface area (Å²) in [6, 6.07) is 15.6. The highest BCUT2D eigenvalue weighted by Gasteiger charge is 2.18. The molecule has 0 aliphatic rings. The minimum absolute atomic E-state index is 0.221. The van der Waals surface area contributed by atoms with Crippen LogP contribution in [0.4, 0.5) is 4.39 Å². The molecule has 5 nitrogen and oxygen atoms in total. The molecule has 9 heteroatoms. The summed E-state index contributed by atoms with van der Waals surface area (Å²) in [7, 11) is -0.897. The molecule has 32 heavy (non-hydrogen) atoms. The maximum Gasteiger partial charge on any atom is 0.229 e. The van der Waals surface area contributed by atoms with Gasteiger partial charge in [-0.3, -0.25) is 4.72 Å². The summed E-state index contributed by atoms with van der Waals surface area (Å²) in [6.07, 6.45) is 1.06. The number of aromatic nitrogens is 2. The van der Waals surface area contributed by atoms with Gasteiger partial charge in [0.05, 0.1) is 22.5 Å². The average Bonchev–Trinajstić information content (AvgIpc) is 3.07. The number of fused-ring (bicyclic) bond motifs is 1. The SMILES string of the molecule is C=C(NS(C)(=O)=O)c1cc(Cl)c(-n2nc(-c3ccc(F)cc3)c3cc(C)ccc32)cc1P. The van der Waals surface area contributed by atoms with E-state index in [1.807, 2.05) is 25.1 Å². The summed E-state index contributed by atoms with van der Waals surface area (Å²) in [5, 5.41) is 6.78. The Kier molecular flexibility index (Phi) is 5.84. The van der Waals surface area contributed by atoms with Gasteiger partial charge in [-0.2, -0.15) is 5.10 Å². The molecule has 0 fully saturated rings. The van der Waals surface area contributed by atoms with Crippen molar-refractivity contribution in [3.63, 3.8) is 0 Å². The van der Waals surface area contributed by atoms with Gasteiger partial charge in [0.1, 0.15) is 11.5 Å². The first kappa shape index (κ1) is 22.5. The molecule has 0 aliphatic heterocycles. The molecule has 0 saturated heterocycles. The number of hydrogen-bond donors (Lipinski definition) is 1. The van der Waals surface area contributed by atoms with Crippen LogP contribution in [0.5, 0.6) is 0 Å². The van der Waals surface area contributed by atoms with Gasteiger partial charge < -0.3 is 0 Å². The molecule has 0 aliphatic carbocycles. The van der Waals surface area contributed by atoms with E-state index in [-0.39, 0.29) is 11.5 Å². The summed E-state index contributed by atoms with van der Waals surface area (Å²) >= 11 is 6.62. The molecule has 164 valence electrons. The van der Waals surface area contributed by atoms with Crippen LogP contribution in [0.3, 0.4) is 0 Å². The van der Waals surface area contributed by atoms with Gasteiger partial charge in [0.25, 0.3) is 0 Å². The maximum atomic E-state index is 13.5. The van der Waals surface area contributed by atoms with Crippen molar-refractivity contribution in [2.24, 2.45) is 0 Å².